The van der Waals surface area contributed by atoms with Gasteiger partial charge in [-0.15, -0.1) is 0 Å². The van der Waals surface area contributed by atoms with Crippen LogP contribution in [0.1, 0.15) is 16.8 Å². The van der Waals surface area contributed by atoms with E-state index < -0.39 is 5.97 Å². The number of urea groups is 1. The van der Waals surface area contributed by atoms with Crippen LogP contribution in [0.4, 0.5) is 10.5 Å². The molecule has 2 amide bonds. The van der Waals surface area contributed by atoms with E-state index in [1.807, 2.05) is 7.05 Å². The SMILES string of the molecule is CNCCCNC(=O)N(C)c1ccccc1C(=O)O. The van der Waals surface area contributed by atoms with Gasteiger partial charge in [-0.3, -0.25) is 4.90 Å². The van der Waals surface area contributed by atoms with Gasteiger partial charge in [0.25, 0.3) is 0 Å². The van der Waals surface area contributed by atoms with Gasteiger partial charge in [0, 0.05) is 13.6 Å². The molecule has 0 aliphatic rings. The van der Waals surface area contributed by atoms with E-state index in [1.165, 1.54) is 11.0 Å². The van der Waals surface area contributed by atoms with Crippen molar-refractivity contribution < 1.29 is 14.7 Å². The van der Waals surface area contributed by atoms with Gasteiger partial charge in [0.1, 0.15) is 0 Å². The summed E-state index contributed by atoms with van der Waals surface area (Å²) in [5.74, 6) is -1.05. The molecule has 1 aromatic rings. The van der Waals surface area contributed by atoms with Crippen molar-refractivity contribution in [2.75, 3.05) is 32.1 Å². The molecule has 0 spiro atoms. The highest BCUT2D eigenvalue weighted by Gasteiger charge is 2.17. The molecule has 0 unspecified atom stereocenters. The Kier molecular flexibility index (Phi) is 5.81. The lowest BCUT2D eigenvalue weighted by atomic mass is 10.1. The molecule has 3 N–H and O–H groups in total. The molecule has 19 heavy (non-hydrogen) atoms. The molecule has 0 aliphatic carbocycles. The molecule has 0 saturated carbocycles. The summed E-state index contributed by atoms with van der Waals surface area (Å²) in [4.78, 5) is 24.3. The van der Waals surface area contributed by atoms with Crippen LogP contribution in [0.2, 0.25) is 0 Å². The van der Waals surface area contributed by atoms with Gasteiger partial charge in [-0.25, -0.2) is 9.59 Å². The number of carboxylic acids is 1. The molecule has 1 rings (SSSR count). The Hall–Kier alpha value is -2.08. The van der Waals surface area contributed by atoms with E-state index in [0.717, 1.165) is 13.0 Å². The number of hydrogen-bond acceptors (Lipinski definition) is 3. The summed E-state index contributed by atoms with van der Waals surface area (Å²) in [5.41, 5.74) is 0.483. The Morgan fingerprint density at radius 1 is 1.26 bits per heavy atom. The number of rotatable bonds is 6. The Bertz CT molecular complexity index is 449. The summed E-state index contributed by atoms with van der Waals surface area (Å²) in [5, 5.41) is 14.8. The highest BCUT2D eigenvalue weighted by atomic mass is 16.4. The van der Waals surface area contributed by atoms with E-state index in [-0.39, 0.29) is 11.6 Å². The van der Waals surface area contributed by atoms with E-state index in [9.17, 15) is 9.59 Å². The van der Waals surface area contributed by atoms with E-state index in [1.54, 1.807) is 25.2 Å². The highest BCUT2D eigenvalue weighted by molar-refractivity contribution is 6.01. The third kappa shape index (κ3) is 4.26. The maximum atomic E-state index is 11.9. The molecular weight excluding hydrogens is 246 g/mol. The number of amides is 2. The fourth-order valence-electron chi connectivity index (χ4n) is 1.64. The number of hydrogen-bond donors (Lipinski definition) is 3. The maximum Gasteiger partial charge on any atom is 0.337 e. The first-order valence-electron chi connectivity index (χ1n) is 6.06. The van der Waals surface area contributed by atoms with Crippen molar-refractivity contribution in [3.8, 4) is 0 Å². The Labute approximate surface area is 112 Å². The number of anilines is 1. The van der Waals surface area contributed by atoms with Crippen molar-refractivity contribution in [1.82, 2.24) is 10.6 Å². The van der Waals surface area contributed by atoms with E-state index in [2.05, 4.69) is 10.6 Å². The molecule has 0 aromatic heterocycles. The van der Waals surface area contributed by atoms with Crippen molar-refractivity contribution in [3.05, 3.63) is 29.8 Å². The zero-order chi connectivity index (χ0) is 14.3. The number of aromatic carboxylic acids is 1. The second kappa shape index (κ2) is 7.38. The third-order valence-corrected chi connectivity index (χ3v) is 2.68. The first-order valence-corrected chi connectivity index (χ1v) is 6.06. The number of benzene rings is 1. The standard InChI is InChI=1S/C13H19N3O3/c1-14-8-5-9-15-13(19)16(2)11-7-4-3-6-10(11)12(17)18/h3-4,6-7,14H,5,8-9H2,1-2H3,(H,15,19)(H,17,18). The van der Waals surface area contributed by atoms with Crippen LogP contribution in [0.3, 0.4) is 0 Å². The Morgan fingerprint density at radius 3 is 2.58 bits per heavy atom. The van der Waals surface area contributed by atoms with Crippen LogP contribution in [-0.4, -0.2) is 44.3 Å². The van der Waals surface area contributed by atoms with Gasteiger partial charge in [-0.2, -0.15) is 0 Å². The normalized spacial score (nSPS) is 10.0. The summed E-state index contributed by atoms with van der Waals surface area (Å²) in [6.45, 7) is 1.36. The predicted molar refractivity (Wildman–Crippen MR) is 73.7 cm³/mol. The second-order valence-corrected chi connectivity index (χ2v) is 4.07. The lowest BCUT2D eigenvalue weighted by molar-refractivity contribution is 0.0697. The average molecular weight is 265 g/mol. The first-order chi connectivity index (χ1) is 9.07. The monoisotopic (exact) mass is 265 g/mol. The number of nitrogens with zero attached hydrogens (tertiary/aromatic N) is 1. The number of para-hydroxylation sites is 1. The van der Waals surface area contributed by atoms with Crippen molar-refractivity contribution >= 4 is 17.7 Å². The molecular formula is C13H19N3O3. The number of nitrogens with one attached hydrogen (secondary N) is 2. The van der Waals surface area contributed by atoms with Gasteiger partial charge in [0.15, 0.2) is 0 Å². The smallest absolute Gasteiger partial charge is 0.337 e. The van der Waals surface area contributed by atoms with Gasteiger partial charge in [0.05, 0.1) is 11.3 Å². The molecule has 104 valence electrons. The Balaban J connectivity index is 2.69. The van der Waals surface area contributed by atoms with Gasteiger partial charge >= 0.3 is 12.0 Å². The number of carbonyl (C=O) groups is 2. The molecule has 1 aromatic carbocycles. The zero-order valence-electron chi connectivity index (χ0n) is 11.1. The van der Waals surface area contributed by atoms with E-state index in [0.29, 0.717) is 12.2 Å². The topological polar surface area (TPSA) is 81.7 Å². The number of carbonyl (C=O) groups excluding carboxylic acids is 1. The fraction of sp³-hybridized carbons (Fsp3) is 0.385. The lowest BCUT2D eigenvalue weighted by Gasteiger charge is -2.19. The zero-order valence-corrected chi connectivity index (χ0v) is 11.1. The minimum absolute atomic E-state index is 0.107. The summed E-state index contributed by atoms with van der Waals surface area (Å²) in [6, 6.07) is 6.10. The summed E-state index contributed by atoms with van der Waals surface area (Å²) in [6.07, 6.45) is 0.816. The van der Waals surface area contributed by atoms with Crippen LogP contribution in [0.15, 0.2) is 24.3 Å². The lowest BCUT2D eigenvalue weighted by Crippen LogP contribution is -2.39. The molecule has 0 bridgehead atoms. The fourth-order valence-corrected chi connectivity index (χ4v) is 1.64. The van der Waals surface area contributed by atoms with Crippen molar-refractivity contribution in [2.24, 2.45) is 0 Å². The molecule has 0 aliphatic heterocycles. The van der Waals surface area contributed by atoms with Crippen molar-refractivity contribution in [1.29, 1.82) is 0 Å². The van der Waals surface area contributed by atoms with Crippen LogP contribution in [0, 0.1) is 0 Å². The molecule has 0 fully saturated rings. The third-order valence-electron chi connectivity index (χ3n) is 2.68. The largest absolute Gasteiger partial charge is 0.478 e. The molecule has 0 saturated heterocycles. The van der Waals surface area contributed by atoms with Gasteiger partial charge < -0.3 is 15.7 Å². The maximum absolute atomic E-state index is 11.9. The average Bonchev–Trinajstić information content (AvgIpc) is 2.42. The summed E-state index contributed by atoms with van der Waals surface area (Å²) < 4.78 is 0. The van der Waals surface area contributed by atoms with Gasteiger partial charge in [-0.1, -0.05) is 12.1 Å². The van der Waals surface area contributed by atoms with Crippen LogP contribution in [-0.2, 0) is 0 Å². The van der Waals surface area contributed by atoms with Gasteiger partial charge in [0.2, 0.25) is 0 Å². The second-order valence-electron chi connectivity index (χ2n) is 4.07. The minimum atomic E-state index is -1.05. The first kappa shape index (κ1) is 15.0. The van der Waals surface area contributed by atoms with Crippen molar-refractivity contribution in [2.45, 2.75) is 6.42 Å². The number of carboxylic acid groups (broad SMARTS) is 1. The van der Waals surface area contributed by atoms with Crippen LogP contribution >= 0.6 is 0 Å². The van der Waals surface area contributed by atoms with E-state index >= 15 is 0 Å². The van der Waals surface area contributed by atoms with Crippen LogP contribution in [0.5, 0.6) is 0 Å². The molecule has 6 nitrogen and oxygen atoms in total. The molecule has 6 heteroatoms. The quantitative estimate of drug-likeness (QED) is 0.674. The summed E-state index contributed by atoms with van der Waals surface area (Å²) >= 11 is 0. The minimum Gasteiger partial charge on any atom is -0.478 e. The summed E-state index contributed by atoms with van der Waals surface area (Å²) in [7, 11) is 3.40. The predicted octanol–water partition coefficient (Wildman–Crippen LogP) is 1.14. The molecule has 0 heterocycles. The molecule has 0 radical (unpaired) electrons. The Morgan fingerprint density at radius 2 is 1.95 bits per heavy atom. The van der Waals surface area contributed by atoms with Gasteiger partial charge in [-0.05, 0) is 32.1 Å². The highest BCUT2D eigenvalue weighted by Crippen LogP contribution is 2.18. The van der Waals surface area contributed by atoms with E-state index in [4.69, 9.17) is 5.11 Å². The van der Waals surface area contributed by atoms with Crippen molar-refractivity contribution in [3.63, 3.8) is 0 Å². The van der Waals surface area contributed by atoms with Crippen LogP contribution < -0.4 is 15.5 Å². The van der Waals surface area contributed by atoms with Crippen LogP contribution in [0.25, 0.3) is 0 Å². The molecule has 0 atom stereocenters.